The molecule has 0 fully saturated rings. The normalized spacial score (nSPS) is 22.8. The second kappa shape index (κ2) is 5.24. The van der Waals surface area contributed by atoms with E-state index in [9.17, 15) is 4.79 Å². The van der Waals surface area contributed by atoms with Gasteiger partial charge in [-0.25, -0.2) is 9.97 Å². The van der Waals surface area contributed by atoms with Crippen molar-refractivity contribution in [2.24, 2.45) is 11.7 Å². The Morgan fingerprint density at radius 2 is 2.24 bits per heavy atom. The van der Waals surface area contributed by atoms with Gasteiger partial charge in [-0.2, -0.15) is 0 Å². The Morgan fingerprint density at radius 3 is 2.82 bits per heavy atom. The van der Waals surface area contributed by atoms with Gasteiger partial charge < -0.3 is 11.1 Å². The summed E-state index contributed by atoms with van der Waals surface area (Å²) in [5.41, 5.74) is 5.70. The standard InChI is InChI=1S/C10H10Br2N4O/c11-7-4-14-9(8(12)15-7)16-10(17)5-1-2-6(13)3-5/h1-2,4-6H,3,13H2,(H,14,16,17). The molecule has 1 amide bonds. The molecule has 0 saturated heterocycles. The number of hydrogen-bond acceptors (Lipinski definition) is 4. The predicted molar refractivity (Wildman–Crippen MR) is 71.3 cm³/mol. The minimum Gasteiger partial charge on any atom is -0.324 e. The van der Waals surface area contributed by atoms with E-state index in [1.165, 1.54) is 6.20 Å². The molecule has 17 heavy (non-hydrogen) atoms. The smallest absolute Gasteiger partial charge is 0.232 e. The van der Waals surface area contributed by atoms with Crippen molar-refractivity contribution in [2.45, 2.75) is 12.5 Å². The van der Waals surface area contributed by atoms with Crippen LogP contribution in [0.25, 0.3) is 0 Å². The molecule has 5 nitrogen and oxygen atoms in total. The topological polar surface area (TPSA) is 80.9 Å². The largest absolute Gasteiger partial charge is 0.324 e. The quantitative estimate of drug-likeness (QED) is 0.787. The van der Waals surface area contributed by atoms with Crippen LogP contribution < -0.4 is 11.1 Å². The Labute approximate surface area is 115 Å². The molecule has 2 unspecified atom stereocenters. The number of nitrogens with two attached hydrogens (primary N) is 1. The molecule has 1 heterocycles. The van der Waals surface area contributed by atoms with Gasteiger partial charge in [0, 0.05) is 6.04 Å². The zero-order valence-electron chi connectivity index (χ0n) is 8.73. The van der Waals surface area contributed by atoms with Gasteiger partial charge in [0.1, 0.15) is 9.21 Å². The minimum atomic E-state index is -0.192. The van der Waals surface area contributed by atoms with Gasteiger partial charge in [0.25, 0.3) is 0 Å². The summed E-state index contributed by atoms with van der Waals surface area (Å²) < 4.78 is 1.09. The van der Waals surface area contributed by atoms with Gasteiger partial charge in [0.2, 0.25) is 5.91 Å². The summed E-state index contributed by atoms with van der Waals surface area (Å²) in [5.74, 6) is 0.0981. The van der Waals surface area contributed by atoms with E-state index in [4.69, 9.17) is 5.73 Å². The molecule has 0 aromatic carbocycles. The fraction of sp³-hybridized carbons (Fsp3) is 0.300. The molecule has 2 rings (SSSR count). The van der Waals surface area contributed by atoms with Gasteiger partial charge in [0.15, 0.2) is 5.82 Å². The Kier molecular flexibility index (Phi) is 3.90. The highest BCUT2D eigenvalue weighted by molar-refractivity contribution is 9.11. The lowest BCUT2D eigenvalue weighted by Crippen LogP contribution is -2.24. The van der Waals surface area contributed by atoms with Crippen molar-refractivity contribution in [1.29, 1.82) is 0 Å². The zero-order valence-corrected chi connectivity index (χ0v) is 11.9. The second-order valence-corrected chi connectivity index (χ2v) is 5.28. The van der Waals surface area contributed by atoms with Gasteiger partial charge in [-0.1, -0.05) is 12.2 Å². The molecule has 1 aromatic heterocycles. The Bertz CT molecular complexity index is 477. The molecule has 2 atom stereocenters. The first-order valence-corrected chi connectivity index (χ1v) is 6.57. The van der Waals surface area contributed by atoms with Crippen LogP contribution in [-0.2, 0) is 4.79 Å². The third-order valence-corrected chi connectivity index (χ3v) is 3.33. The molecular weight excluding hydrogens is 352 g/mol. The van der Waals surface area contributed by atoms with Crippen LogP contribution in [0.5, 0.6) is 0 Å². The molecule has 0 saturated carbocycles. The molecule has 0 radical (unpaired) electrons. The number of amides is 1. The number of carbonyl (C=O) groups excluding carboxylic acids is 1. The third kappa shape index (κ3) is 3.11. The van der Waals surface area contributed by atoms with E-state index < -0.39 is 0 Å². The molecule has 0 bridgehead atoms. The summed E-state index contributed by atoms with van der Waals surface area (Å²) in [6.07, 6.45) is 5.82. The number of aromatic nitrogens is 2. The van der Waals surface area contributed by atoms with Crippen LogP contribution in [0.1, 0.15) is 6.42 Å². The summed E-state index contributed by atoms with van der Waals surface area (Å²) in [6, 6.07) is -0.0369. The lowest BCUT2D eigenvalue weighted by molar-refractivity contribution is -0.118. The van der Waals surface area contributed by atoms with Gasteiger partial charge >= 0.3 is 0 Å². The maximum Gasteiger partial charge on any atom is 0.232 e. The van der Waals surface area contributed by atoms with Crippen molar-refractivity contribution in [3.63, 3.8) is 0 Å². The Balaban J connectivity index is 2.06. The fourth-order valence-electron chi connectivity index (χ4n) is 1.56. The summed E-state index contributed by atoms with van der Waals surface area (Å²) >= 11 is 6.43. The molecule has 0 aliphatic heterocycles. The van der Waals surface area contributed by atoms with Crippen molar-refractivity contribution in [1.82, 2.24) is 9.97 Å². The highest BCUT2D eigenvalue weighted by atomic mass is 79.9. The molecule has 1 aliphatic rings. The maximum absolute atomic E-state index is 11.9. The van der Waals surface area contributed by atoms with Gasteiger partial charge in [-0.3, -0.25) is 4.79 Å². The molecule has 3 N–H and O–H groups in total. The van der Waals surface area contributed by atoms with Crippen LogP contribution in [-0.4, -0.2) is 21.9 Å². The van der Waals surface area contributed by atoms with Crippen molar-refractivity contribution in [3.8, 4) is 0 Å². The molecule has 90 valence electrons. The average molecular weight is 362 g/mol. The van der Waals surface area contributed by atoms with Crippen molar-refractivity contribution >= 4 is 43.6 Å². The summed E-state index contributed by atoms with van der Waals surface area (Å²) in [5, 5.41) is 2.71. The van der Waals surface area contributed by atoms with Crippen LogP contribution in [0.2, 0.25) is 0 Å². The SMILES string of the molecule is NC1C=CC(C(=O)Nc2ncc(Br)nc2Br)C1. The Hall–Kier alpha value is -0.790. The lowest BCUT2D eigenvalue weighted by atomic mass is 10.1. The lowest BCUT2D eigenvalue weighted by Gasteiger charge is -2.10. The number of anilines is 1. The number of halogens is 2. The predicted octanol–water partition coefficient (Wildman–Crippen LogP) is 1.84. The van der Waals surface area contributed by atoms with Crippen molar-refractivity contribution in [3.05, 3.63) is 27.6 Å². The third-order valence-electron chi connectivity index (χ3n) is 2.40. The molecule has 1 aromatic rings. The summed E-state index contributed by atoms with van der Waals surface area (Å²) in [4.78, 5) is 20.0. The van der Waals surface area contributed by atoms with Crippen LogP contribution in [0.4, 0.5) is 5.82 Å². The van der Waals surface area contributed by atoms with Gasteiger partial charge in [0.05, 0.1) is 12.1 Å². The number of rotatable bonds is 2. The fourth-order valence-corrected chi connectivity index (χ4v) is 2.47. The van der Waals surface area contributed by atoms with Crippen LogP contribution in [0.3, 0.4) is 0 Å². The first-order chi connectivity index (χ1) is 8.06. The maximum atomic E-state index is 11.9. The van der Waals surface area contributed by atoms with Crippen molar-refractivity contribution < 1.29 is 4.79 Å². The average Bonchev–Trinajstić information content (AvgIpc) is 2.69. The first kappa shape index (κ1) is 12.7. The van der Waals surface area contributed by atoms with E-state index in [1.807, 2.05) is 12.2 Å². The summed E-state index contributed by atoms with van der Waals surface area (Å²) in [6.45, 7) is 0. The molecule has 0 spiro atoms. The Morgan fingerprint density at radius 1 is 1.47 bits per heavy atom. The highest BCUT2D eigenvalue weighted by Gasteiger charge is 2.23. The van der Waals surface area contributed by atoms with E-state index in [0.29, 0.717) is 21.4 Å². The van der Waals surface area contributed by atoms with E-state index in [-0.39, 0.29) is 17.9 Å². The monoisotopic (exact) mass is 360 g/mol. The van der Waals surface area contributed by atoms with E-state index in [0.717, 1.165) is 0 Å². The molecular formula is C10H10Br2N4O. The van der Waals surface area contributed by atoms with Crippen molar-refractivity contribution in [2.75, 3.05) is 5.32 Å². The number of hydrogen-bond donors (Lipinski definition) is 2. The van der Waals surface area contributed by atoms with Crippen LogP contribution >= 0.6 is 31.9 Å². The second-order valence-electron chi connectivity index (χ2n) is 3.71. The van der Waals surface area contributed by atoms with Crippen LogP contribution in [0, 0.1) is 5.92 Å². The van der Waals surface area contributed by atoms with E-state index in [1.54, 1.807) is 0 Å². The van der Waals surface area contributed by atoms with E-state index >= 15 is 0 Å². The zero-order chi connectivity index (χ0) is 12.4. The van der Waals surface area contributed by atoms with Crippen LogP contribution in [0.15, 0.2) is 27.6 Å². The first-order valence-electron chi connectivity index (χ1n) is 4.99. The number of nitrogens with one attached hydrogen (secondary N) is 1. The molecule has 1 aliphatic carbocycles. The number of nitrogens with zero attached hydrogens (tertiary/aromatic N) is 2. The molecule has 7 heteroatoms. The van der Waals surface area contributed by atoms with Gasteiger partial charge in [-0.05, 0) is 38.3 Å². The highest BCUT2D eigenvalue weighted by Crippen LogP contribution is 2.22. The van der Waals surface area contributed by atoms with Gasteiger partial charge in [-0.15, -0.1) is 0 Å². The number of carbonyl (C=O) groups is 1. The van der Waals surface area contributed by atoms with E-state index in [2.05, 4.69) is 47.1 Å². The minimum absolute atomic E-state index is 0.0369. The summed E-state index contributed by atoms with van der Waals surface area (Å²) in [7, 11) is 0.